The van der Waals surface area contributed by atoms with Crippen molar-refractivity contribution < 1.29 is 0 Å². The van der Waals surface area contributed by atoms with Crippen molar-refractivity contribution in [3.05, 3.63) is 0 Å². The van der Waals surface area contributed by atoms with E-state index in [1.54, 1.807) is 44.9 Å². The molecule has 0 bridgehead atoms. The van der Waals surface area contributed by atoms with Crippen LogP contribution in [0.5, 0.6) is 0 Å². The predicted molar refractivity (Wildman–Crippen MR) is 53.3 cm³/mol. The van der Waals surface area contributed by atoms with Crippen molar-refractivity contribution in [3.8, 4) is 0 Å². The minimum Gasteiger partial charge on any atom is -0.0502 e. The van der Waals surface area contributed by atoms with E-state index in [4.69, 9.17) is 0 Å². The molecule has 0 spiro atoms. The molecule has 0 amide bonds. The molecule has 0 heteroatoms. The second-order valence-electron chi connectivity index (χ2n) is 6.25. The standard InChI is InChI=1S/C13H20/c1-2-8(1)3-4-9-5-10-6-11-7-12(9)13(10)11/h8-13H,1-7H2. The molecule has 5 unspecified atom stereocenters. The van der Waals surface area contributed by atoms with Gasteiger partial charge in [0, 0.05) is 0 Å². The highest BCUT2D eigenvalue weighted by Gasteiger charge is 2.60. The molecule has 0 nitrogen and oxygen atoms in total. The highest BCUT2D eigenvalue weighted by molar-refractivity contribution is 5.09. The Hall–Kier alpha value is 0. The molecule has 0 heterocycles. The third kappa shape index (κ3) is 0.926. The zero-order valence-electron chi connectivity index (χ0n) is 8.41. The largest absolute Gasteiger partial charge is 0.0502 e. The third-order valence-electron chi connectivity index (χ3n) is 5.62. The molecule has 4 aliphatic carbocycles. The van der Waals surface area contributed by atoms with Crippen LogP contribution < -0.4 is 0 Å². The molecule has 0 N–H and O–H groups in total. The van der Waals surface area contributed by atoms with E-state index in [2.05, 4.69) is 0 Å². The first-order chi connectivity index (χ1) is 6.42. The van der Waals surface area contributed by atoms with Gasteiger partial charge in [-0.25, -0.2) is 0 Å². The molecule has 0 aromatic carbocycles. The average molecular weight is 176 g/mol. The average Bonchev–Trinajstić information content (AvgIpc) is 2.84. The summed E-state index contributed by atoms with van der Waals surface area (Å²) in [6, 6.07) is 0. The van der Waals surface area contributed by atoms with Crippen molar-refractivity contribution in [3.63, 3.8) is 0 Å². The van der Waals surface area contributed by atoms with E-state index in [1.807, 2.05) is 0 Å². The Bertz CT molecular complexity index is 228. The van der Waals surface area contributed by atoms with Gasteiger partial charge in [-0.1, -0.05) is 19.3 Å². The lowest BCUT2D eigenvalue weighted by Crippen LogP contribution is -2.47. The van der Waals surface area contributed by atoms with E-state index >= 15 is 0 Å². The van der Waals surface area contributed by atoms with Crippen LogP contribution in [-0.2, 0) is 0 Å². The number of rotatable bonds is 3. The smallest absolute Gasteiger partial charge is 0.0326 e. The van der Waals surface area contributed by atoms with Gasteiger partial charge in [-0.15, -0.1) is 0 Å². The summed E-state index contributed by atoms with van der Waals surface area (Å²) < 4.78 is 0. The van der Waals surface area contributed by atoms with Gasteiger partial charge < -0.3 is 0 Å². The highest BCUT2D eigenvalue weighted by atomic mass is 14.7. The maximum Gasteiger partial charge on any atom is -0.0326 e. The van der Waals surface area contributed by atoms with Crippen LogP contribution in [0.1, 0.15) is 44.9 Å². The summed E-state index contributed by atoms with van der Waals surface area (Å²) in [5.41, 5.74) is 0. The van der Waals surface area contributed by atoms with Gasteiger partial charge in [0.1, 0.15) is 0 Å². The third-order valence-corrected chi connectivity index (χ3v) is 5.62. The summed E-state index contributed by atoms with van der Waals surface area (Å²) in [6.45, 7) is 0. The maximum absolute atomic E-state index is 1.64. The van der Waals surface area contributed by atoms with Gasteiger partial charge in [-0.05, 0) is 61.2 Å². The maximum atomic E-state index is 1.64. The van der Waals surface area contributed by atoms with Crippen molar-refractivity contribution in [2.45, 2.75) is 44.9 Å². The summed E-state index contributed by atoms with van der Waals surface area (Å²) in [5.74, 6) is 7.28. The van der Waals surface area contributed by atoms with Crippen molar-refractivity contribution in [1.29, 1.82) is 0 Å². The van der Waals surface area contributed by atoms with E-state index < -0.39 is 0 Å². The van der Waals surface area contributed by atoms with Crippen LogP contribution >= 0.6 is 0 Å². The molecule has 4 saturated carbocycles. The van der Waals surface area contributed by atoms with Crippen LogP contribution in [0.4, 0.5) is 0 Å². The van der Waals surface area contributed by atoms with Gasteiger partial charge in [0.2, 0.25) is 0 Å². The Balaban J connectivity index is 1.39. The lowest BCUT2D eigenvalue weighted by atomic mass is 9.51. The van der Waals surface area contributed by atoms with E-state index in [9.17, 15) is 0 Å². The monoisotopic (exact) mass is 176 g/mol. The Morgan fingerprint density at radius 3 is 2.38 bits per heavy atom. The molecule has 0 aromatic rings. The predicted octanol–water partition coefficient (Wildman–Crippen LogP) is 3.47. The Morgan fingerprint density at radius 1 is 0.846 bits per heavy atom. The molecule has 0 aromatic heterocycles. The summed E-state index contributed by atoms with van der Waals surface area (Å²) in [5, 5.41) is 0. The highest BCUT2D eigenvalue weighted by Crippen LogP contribution is 2.68. The quantitative estimate of drug-likeness (QED) is 0.617. The molecule has 13 heavy (non-hydrogen) atoms. The Labute approximate surface area is 81.1 Å². The van der Waals surface area contributed by atoms with Crippen LogP contribution in [0, 0.1) is 35.5 Å². The topological polar surface area (TPSA) is 0 Å². The first kappa shape index (κ1) is 7.31. The zero-order chi connectivity index (χ0) is 8.41. The summed E-state index contributed by atoms with van der Waals surface area (Å²) in [4.78, 5) is 0. The first-order valence-corrected chi connectivity index (χ1v) is 6.42. The normalized spacial score (nSPS) is 56.8. The summed E-state index contributed by atoms with van der Waals surface area (Å²) >= 11 is 0. The fourth-order valence-corrected chi connectivity index (χ4v) is 4.67. The van der Waals surface area contributed by atoms with Gasteiger partial charge in [0.15, 0.2) is 0 Å². The lowest BCUT2D eigenvalue weighted by Gasteiger charge is -2.54. The van der Waals surface area contributed by atoms with Crippen LogP contribution in [0.25, 0.3) is 0 Å². The Kier molecular flexibility index (Phi) is 1.31. The second kappa shape index (κ2) is 2.32. The van der Waals surface area contributed by atoms with E-state index in [0.29, 0.717) is 0 Å². The molecule has 4 fully saturated rings. The Morgan fingerprint density at radius 2 is 1.69 bits per heavy atom. The molecular formula is C13H20. The fraction of sp³-hybridized carbons (Fsp3) is 1.00. The van der Waals surface area contributed by atoms with Gasteiger partial charge in [-0.3, -0.25) is 0 Å². The van der Waals surface area contributed by atoms with E-state index in [1.165, 1.54) is 35.5 Å². The van der Waals surface area contributed by atoms with Crippen molar-refractivity contribution in [1.82, 2.24) is 0 Å². The van der Waals surface area contributed by atoms with Crippen LogP contribution in [0.2, 0.25) is 0 Å². The second-order valence-corrected chi connectivity index (χ2v) is 6.25. The molecule has 0 radical (unpaired) electrons. The molecule has 4 aliphatic rings. The van der Waals surface area contributed by atoms with E-state index in [0.717, 1.165) is 0 Å². The molecule has 5 atom stereocenters. The molecule has 72 valence electrons. The molecule has 0 aliphatic heterocycles. The van der Waals surface area contributed by atoms with Crippen LogP contribution in [0.15, 0.2) is 0 Å². The fourth-order valence-electron chi connectivity index (χ4n) is 4.67. The summed E-state index contributed by atoms with van der Waals surface area (Å²) in [6.07, 6.45) is 11.2. The van der Waals surface area contributed by atoms with Gasteiger partial charge in [-0.2, -0.15) is 0 Å². The molecular weight excluding hydrogens is 156 g/mol. The SMILES string of the molecule is C1CC1CCC1CC2CC3CC1C23. The van der Waals surface area contributed by atoms with Crippen LogP contribution in [0.3, 0.4) is 0 Å². The minimum absolute atomic E-state index is 1.18. The molecule has 0 saturated heterocycles. The zero-order valence-corrected chi connectivity index (χ0v) is 8.41. The van der Waals surface area contributed by atoms with Crippen molar-refractivity contribution in [2.75, 3.05) is 0 Å². The van der Waals surface area contributed by atoms with Crippen molar-refractivity contribution in [2.24, 2.45) is 35.5 Å². The van der Waals surface area contributed by atoms with E-state index in [-0.39, 0.29) is 0 Å². The van der Waals surface area contributed by atoms with Gasteiger partial charge in [0.05, 0.1) is 0 Å². The van der Waals surface area contributed by atoms with Gasteiger partial charge >= 0.3 is 0 Å². The van der Waals surface area contributed by atoms with Crippen molar-refractivity contribution >= 4 is 0 Å². The molecule has 4 rings (SSSR count). The lowest BCUT2D eigenvalue weighted by molar-refractivity contribution is -0.0491. The minimum atomic E-state index is 1.18. The number of hydrogen-bond acceptors (Lipinski definition) is 0. The number of hydrogen-bond donors (Lipinski definition) is 0. The van der Waals surface area contributed by atoms with Gasteiger partial charge in [0.25, 0.3) is 0 Å². The first-order valence-electron chi connectivity index (χ1n) is 6.42. The van der Waals surface area contributed by atoms with Crippen LogP contribution in [-0.4, -0.2) is 0 Å². The summed E-state index contributed by atoms with van der Waals surface area (Å²) in [7, 11) is 0.